The van der Waals surface area contributed by atoms with Crippen molar-refractivity contribution >= 4 is 22.7 Å². The van der Waals surface area contributed by atoms with E-state index in [0.717, 1.165) is 36.6 Å². The summed E-state index contributed by atoms with van der Waals surface area (Å²) in [7, 11) is 1.11. The first-order chi connectivity index (χ1) is 12.1. The van der Waals surface area contributed by atoms with Crippen LogP contribution in [0.2, 0.25) is 0 Å². The minimum Gasteiger partial charge on any atom is -0.754 e. The van der Waals surface area contributed by atoms with Gasteiger partial charge in [0.05, 0.1) is 11.2 Å². The molecule has 7 heteroatoms. The Labute approximate surface area is 145 Å². The molecule has 0 bridgehead atoms. The van der Waals surface area contributed by atoms with Gasteiger partial charge in [0.1, 0.15) is 5.75 Å². The second-order valence-electron chi connectivity index (χ2n) is 5.57. The van der Waals surface area contributed by atoms with Gasteiger partial charge < -0.3 is 15.0 Å². The lowest BCUT2D eigenvalue weighted by molar-refractivity contribution is 0.177. The van der Waals surface area contributed by atoms with Crippen molar-refractivity contribution in [2.24, 2.45) is 0 Å². The van der Waals surface area contributed by atoms with Crippen LogP contribution in [0.5, 0.6) is 5.75 Å². The largest absolute Gasteiger partial charge is 0.754 e. The Hall–Kier alpha value is -3.06. The number of benzene rings is 1. The van der Waals surface area contributed by atoms with E-state index < -0.39 is 6.09 Å². The van der Waals surface area contributed by atoms with Crippen LogP contribution in [0.15, 0.2) is 55.0 Å². The van der Waals surface area contributed by atoms with E-state index in [0.29, 0.717) is 5.75 Å². The van der Waals surface area contributed by atoms with Crippen LogP contribution in [0.4, 0.5) is 10.5 Å². The van der Waals surface area contributed by atoms with Crippen LogP contribution in [0, 0.1) is 5.21 Å². The lowest BCUT2D eigenvalue weighted by Crippen LogP contribution is -2.29. The van der Waals surface area contributed by atoms with Crippen LogP contribution < -0.4 is 9.75 Å². The second-order valence-corrected chi connectivity index (χ2v) is 5.57. The van der Waals surface area contributed by atoms with Crippen molar-refractivity contribution in [2.45, 2.75) is 13.3 Å². The molecule has 3 aromatic rings. The van der Waals surface area contributed by atoms with E-state index in [1.54, 1.807) is 24.5 Å². The number of fused-ring (bicyclic) bond motifs is 1. The molecule has 0 aliphatic rings. The molecule has 2 aromatic heterocycles. The minimum absolute atomic E-state index is 0.155. The highest BCUT2D eigenvalue weighted by atomic mass is 16.6. The Kier molecular flexibility index (Phi) is 4.85. The Morgan fingerprint density at radius 3 is 2.68 bits per heavy atom. The maximum atomic E-state index is 11.4. The summed E-state index contributed by atoms with van der Waals surface area (Å²) in [6.45, 7) is 2.96. The molecule has 0 fully saturated rings. The molecule has 0 spiro atoms. The lowest BCUT2D eigenvalue weighted by Gasteiger charge is -2.26. The number of amides is 1. The molecule has 1 amide bonds. The van der Waals surface area contributed by atoms with Crippen LogP contribution in [0.3, 0.4) is 0 Å². The number of hydrogen-bond donors (Lipinski definition) is 0. The number of nitrogens with zero attached hydrogens (tertiary/aromatic N) is 4. The van der Waals surface area contributed by atoms with Gasteiger partial charge in [0, 0.05) is 37.6 Å². The van der Waals surface area contributed by atoms with E-state index in [4.69, 9.17) is 4.74 Å². The third-order valence-electron chi connectivity index (χ3n) is 3.76. The first kappa shape index (κ1) is 16.8. The van der Waals surface area contributed by atoms with Gasteiger partial charge in [-0.05, 0) is 42.8 Å². The average molecular weight is 339 g/mol. The fourth-order valence-electron chi connectivity index (χ4n) is 2.63. The van der Waals surface area contributed by atoms with Crippen molar-refractivity contribution < 1.29 is 9.53 Å². The fraction of sp³-hybridized carbons (Fsp3) is 0.222. The van der Waals surface area contributed by atoms with Gasteiger partial charge in [0.2, 0.25) is 0 Å². The normalized spacial score (nSPS) is 10.7. The van der Waals surface area contributed by atoms with E-state index in [-0.39, 0.29) is 5.06 Å². The third-order valence-corrected chi connectivity index (χ3v) is 3.76. The van der Waals surface area contributed by atoms with Gasteiger partial charge in [-0.25, -0.2) is 4.79 Å². The molecule has 25 heavy (non-hydrogen) atoms. The van der Waals surface area contributed by atoms with Crippen LogP contribution in [0.1, 0.15) is 13.3 Å². The zero-order chi connectivity index (χ0) is 17.8. The summed E-state index contributed by atoms with van der Waals surface area (Å²) in [4.78, 5) is 15.5. The van der Waals surface area contributed by atoms with Gasteiger partial charge in [0.15, 0.2) is 0 Å². The number of hydrogen-bond acceptors (Lipinski definition) is 5. The Morgan fingerprint density at radius 2 is 2.00 bits per heavy atom. The highest BCUT2D eigenvalue weighted by Crippen LogP contribution is 2.25. The number of ether oxygens (including phenoxy) is 1. The summed E-state index contributed by atoms with van der Waals surface area (Å²) in [5.41, 5.74) is 2.01. The standard InChI is InChI=1S/C18H19N4O3/c1-3-11-21(15-6-9-19-10-7-15)22-12-8-14-13-16(4-5-17(14)22)25-18(23)20(2)24/h4-10,12-13H,3,11H2,1-2H3/q-1. The van der Waals surface area contributed by atoms with E-state index in [9.17, 15) is 10.0 Å². The van der Waals surface area contributed by atoms with Gasteiger partial charge in [-0.1, -0.05) is 6.92 Å². The lowest BCUT2D eigenvalue weighted by atomic mass is 10.2. The highest BCUT2D eigenvalue weighted by Gasteiger charge is 2.12. The molecule has 130 valence electrons. The number of anilines is 1. The van der Waals surface area contributed by atoms with Crippen LogP contribution >= 0.6 is 0 Å². The molecule has 3 rings (SSSR count). The molecule has 0 unspecified atom stereocenters. The number of carbonyl (C=O) groups is 1. The zero-order valence-corrected chi connectivity index (χ0v) is 14.1. The topological polar surface area (TPSA) is 73.7 Å². The molecule has 2 heterocycles. The van der Waals surface area contributed by atoms with E-state index in [2.05, 4.69) is 21.6 Å². The van der Waals surface area contributed by atoms with Crippen molar-refractivity contribution in [3.05, 3.63) is 60.2 Å². The first-order valence-corrected chi connectivity index (χ1v) is 8.01. The van der Waals surface area contributed by atoms with E-state index in [1.807, 2.05) is 30.5 Å². The summed E-state index contributed by atoms with van der Waals surface area (Å²) in [6, 6.07) is 11.1. The van der Waals surface area contributed by atoms with E-state index in [1.165, 1.54) is 0 Å². The third kappa shape index (κ3) is 3.56. The van der Waals surface area contributed by atoms with Crippen molar-refractivity contribution in [3.63, 3.8) is 0 Å². The molecule has 0 atom stereocenters. The van der Waals surface area contributed by atoms with Gasteiger partial charge >= 0.3 is 6.09 Å². The number of pyridine rings is 1. The maximum Gasteiger partial charge on any atom is 0.404 e. The van der Waals surface area contributed by atoms with Crippen molar-refractivity contribution in [2.75, 3.05) is 18.6 Å². The van der Waals surface area contributed by atoms with Crippen molar-refractivity contribution in [1.29, 1.82) is 0 Å². The molecule has 7 nitrogen and oxygen atoms in total. The molecule has 0 saturated heterocycles. The van der Waals surface area contributed by atoms with Crippen LogP contribution in [-0.2, 0) is 0 Å². The quantitative estimate of drug-likeness (QED) is 0.664. The van der Waals surface area contributed by atoms with E-state index >= 15 is 0 Å². The summed E-state index contributed by atoms with van der Waals surface area (Å²) in [5, 5.41) is 14.2. The predicted octanol–water partition coefficient (Wildman–Crippen LogP) is 3.64. The Bertz CT molecular complexity index is 861. The molecule has 0 aliphatic heterocycles. The number of aromatic nitrogens is 2. The fourth-order valence-corrected chi connectivity index (χ4v) is 2.63. The Balaban J connectivity index is 1.95. The van der Waals surface area contributed by atoms with Gasteiger partial charge in [-0.15, -0.1) is 0 Å². The monoisotopic (exact) mass is 339 g/mol. The zero-order valence-electron chi connectivity index (χ0n) is 14.1. The van der Waals surface area contributed by atoms with Crippen LogP contribution in [-0.4, -0.2) is 34.4 Å². The number of rotatable bonds is 5. The predicted molar refractivity (Wildman–Crippen MR) is 96.4 cm³/mol. The summed E-state index contributed by atoms with van der Waals surface area (Å²) < 4.78 is 7.08. The summed E-state index contributed by atoms with van der Waals surface area (Å²) in [5.74, 6) is 0.337. The summed E-state index contributed by atoms with van der Waals surface area (Å²) >= 11 is 0. The maximum absolute atomic E-state index is 11.4. The molecule has 0 saturated carbocycles. The van der Waals surface area contributed by atoms with Gasteiger partial charge in [-0.3, -0.25) is 14.7 Å². The highest BCUT2D eigenvalue weighted by molar-refractivity contribution is 5.83. The Morgan fingerprint density at radius 1 is 1.24 bits per heavy atom. The van der Waals surface area contributed by atoms with Crippen molar-refractivity contribution in [3.8, 4) is 5.75 Å². The number of hydroxylamine groups is 2. The van der Waals surface area contributed by atoms with Crippen molar-refractivity contribution in [1.82, 2.24) is 14.7 Å². The molecule has 0 radical (unpaired) electrons. The van der Waals surface area contributed by atoms with Crippen LogP contribution in [0.25, 0.3) is 10.9 Å². The van der Waals surface area contributed by atoms with Gasteiger partial charge in [0.25, 0.3) is 0 Å². The molecular formula is C18H19N4O3-. The minimum atomic E-state index is -0.942. The first-order valence-electron chi connectivity index (χ1n) is 8.01. The molecule has 0 N–H and O–H groups in total. The summed E-state index contributed by atoms with van der Waals surface area (Å²) in [6.07, 6.45) is 5.53. The smallest absolute Gasteiger partial charge is 0.404 e. The molecular weight excluding hydrogens is 320 g/mol. The molecule has 0 aliphatic carbocycles. The average Bonchev–Trinajstić information content (AvgIpc) is 3.03. The van der Waals surface area contributed by atoms with Gasteiger partial charge in [-0.2, -0.15) is 0 Å². The number of carbonyl (C=O) groups excluding carboxylic acids is 1. The molecule has 1 aromatic carbocycles. The SMILES string of the molecule is CCCN(c1ccncc1)n1ccc2cc(OC(=O)N(C)[O-])ccc21. The second kappa shape index (κ2) is 7.23.